The first-order valence-electron chi connectivity index (χ1n) is 3.67. The number of rotatable bonds is 1. The second-order valence-electron chi connectivity index (χ2n) is 2.49. The molecule has 0 fully saturated rings. The Balaban J connectivity index is 3.14. The third kappa shape index (κ3) is 1.61. The minimum absolute atomic E-state index is 0.350. The van der Waals surface area contributed by atoms with Crippen molar-refractivity contribution in [2.75, 3.05) is 0 Å². The van der Waals surface area contributed by atoms with Gasteiger partial charge in [0.05, 0.1) is 0 Å². The molecule has 0 spiro atoms. The Bertz CT molecular complexity index is 274. The lowest BCUT2D eigenvalue weighted by molar-refractivity contribution is 0.473. The maximum atomic E-state index is 9.37. The Kier molecular flexibility index (Phi) is 2.32. The van der Waals surface area contributed by atoms with Gasteiger partial charge in [0, 0.05) is 5.56 Å². The normalized spacial score (nSPS) is 11.6. The SMILES string of the molecule is C/C=C(\C)c1ccccc1O. The van der Waals surface area contributed by atoms with E-state index in [4.69, 9.17) is 0 Å². The molecule has 0 saturated carbocycles. The molecule has 1 aromatic carbocycles. The van der Waals surface area contributed by atoms with Crippen molar-refractivity contribution in [1.82, 2.24) is 0 Å². The van der Waals surface area contributed by atoms with Gasteiger partial charge in [-0.15, -0.1) is 0 Å². The fraction of sp³-hybridized carbons (Fsp3) is 0.200. The molecule has 0 unspecified atom stereocenters. The predicted octanol–water partition coefficient (Wildman–Crippen LogP) is 2.82. The molecule has 1 N–H and O–H groups in total. The van der Waals surface area contributed by atoms with Crippen molar-refractivity contribution in [3.8, 4) is 5.75 Å². The Hall–Kier alpha value is -1.24. The van der Waals surface area contributed by atoms with E-state index in [9.17, 15) is 5.11 Å². The quantitative estimate of drug-likeness (QED) is 0.649. The molecule has 0 aromatic heterocycles. The highest BCUT2D eigenvalue weighted by atomic mass is 16.3. The van der Waals surface area contributed by atoms with E-state index in [-0.39, 0.29) is 0 Å². The molecule has 1 rings (SSSR count). The van der Waals surface area contributed by atoms with E-state index < -0.39 is 0 Å². The number of phenolic OH excluding ortho intramolecular Hbond substituents is 1. The van der Waals surface area contributed by atoms with Crippen molar-refractivity contribution >= 4 is 5.57 Å². The lowest BCUT2D eigenvalue weighted by Crippen LogP contribution is -1.78. The second-order valence-corrected chi connectivity index (χ2v) is 2.49. The number of phenols is 1. The van der Waals surface area contributed by atoms with Crippen LogP contribution < -0.4 is 0 Å². The van der Waals surface area contributed by atoms with E-state index in [1.54, 1.807) is 6.07 Å². The first-order valence-corrected chi connectivity index (χ1v) is 3.67. The van der Waals surface area contributed by atoms with Gasteiger partial charge in [0.25, 0.3) is 0 Å². The zero-order valence-corrected chi connectivity index (χ0v) is 6.83. The van der Waals surface area contributed by atoms with Gasteiger partial charge in [0.15, 0.2) is 0 Å². The van der Waals surface area contributed by atoms with Crippen LogP contribution in [0, 0.1) is 0 Å². The first kappa shape index (κ1) is 7.86. The molecule has 0 amide bonds. The molecule has 11 heavy (non-hydrogen) atoms. The minimum atomic E-state index is 0.350. The van der Waals surface area contributed by atoms with E-state index in [0.717, 1.165) is 11.1 Å². The topological polar surface area (TPSA) is 20.2 Å². The number of hydrogen-bond acceptors (Lipinski definition) is 1. The lowest BCUT2D eigenvalue weighted by Gasteiger charge is -2.02. The molecule has 0 aliphatic heterocycles. The van der Waals surface area contributed by atoms with Crippen LogP contribution in [0.2, 0.25) is 0 Å². The predicted molar refractivity (Wildman–Crippen MR) is 47.4 cm³/mol. The molecule has 0 heterocycles. The Morgan fingerprint density at radius 2 is 2.00 bits per heavy atom. The van der Waals surface area contributed by atoms with Crippen molar-refractivity contribution in [3.05, 3.63) is 35.9 Å². The van der Waals surface area contributed by atoms with Gasteiger partial charge in [-0.25, -0.2) is 0 Å². The molecule has 1 nitrogen and oxygen atoms in total. The summed E-state index contributed by atoms with van der Waals surface area (Å²) in [5, 5.41) is 9.37. The third-order valence-corrected chi connectivity index (χ3v) is 1.76. The number of benzene rings is 1. The highest BCUT2D eigenvalue weighted by molar-refractivity contribution is 5.68. The molecule has 1 aromatic rings. The lowest BCUT2D eigenvalue weighted by atomic mass is 10.1. The summed E-state index contributed by atoms with van der Waals surface area (Å²) in [6, 6.07) is 7.34. The van der Waals surface area contributed by atoms with Crippen LogP contribution in [-0.4, -0.2) is 5.11 Å². The van der Waals surface area contributed by atoms with Gasteiger partial charge in [-0.3, -0.25) is 0 Å². The molecule has 0 bridgehead atoms. The first-order chi connectivity index (χ1) is 5.25. The van der Waals surface area contributed by atoms with E-state index >= 15 is 0 Å². The average Bonchev–Trinajstić information content (AvgIpc) is 2.04. The third-order valence-electron chi connectivity index (χ3n) is 1.76. The Morgan fingerprint density at radius 1 is 1.36 bits per heavy atom. The van der Waals surface area contributed by atoms with E-state index in [0.29, 0.717) is 5.75 Å². The monoisotopic (exact) mass is 148 g/mol. The maximum Gasteiger partial charge on any atom is 0.123 e. The molecule has 0 radical (unpaired) electrons. The molecule has 0 aliphatic carbocycles. The number of para-hydroxylation sites is 1. The summed E-state index contributed by atoms with van der Waals surface area (Å²) in [6.07, 6.45) is 1.98. The van der Waals surface area contributed by atoms with Crippen LogP contribution in [0.15, 0.2) is 30.3 Å². The van der Waals surface area contributed by atoms with Crippen molar-refractivity contribution in [1.29, 1.82) is 0 Å². The fourth-order valence-electron chi connectivity index (χ4n) is 0.963. The molecule has 58 valence electrons. The van der Waals surface area contributed by atoms with Gasteiger partial charge in [-0.1, -0.05) is 24.3 Å². The van der Waals surface area contributed by atoms with E-state index in [2.05, 4.69) is 0 Å². The maximum absolute atomic E-state index is 9.37. The molecule has 1 heteroatoms. The van der Waals surface area contributed by atoms with Crippen LogP contribution in [0.5, 0.6) is 5.75 Å². The van der Waals surface area contributed by atoms with Gasteiger partial charge in [-0.05, 0) is 25.5 Å². The summed E-state index contributed by atoms with van der Waals surface area (Å²) in [5.74, 6) is 0.350. The van der Waals surface area contributed by atoms with Crippen molar-refractivity contribution in [2.24, 2.45) is 0 Å². The molecule has 0 saturated heterocycles. The van der Waals surface area contributed by atoms with Crippen molar-refractivity contribution in [2.45, 2.75) is 13.8 Å². The van der Waals surface area contributed by atoms with Crippen LogP contribution in [0.4, 0.5) is 0 Å². The zero-order chi connectivity index (χ0) is 8.27. The number of aromatic hydroxyl groups is 1. The highest BCUT2D eigenvalue weighted by Crippen LogP contribution is 2.23. The largest absolute Gasteiger partial charge is 0.507 e. The second kappa shape index (κ2) is 3.24. The molecule has 0 atom stereocenters. The summed E-state index contributed by atoms with van der Waals surface area (Å²) in [6.45, 7) is 3.94. The smallest absolute Gasteiger partial charge is 0.123 e. The molecular weight excluding hydrogens is 136 g/mol. The van der Waals surface area contributed by atoms with Crippen LogP contribution in [-0.2, 0) is 0 Å². The minimum Gasteiger partial charge on any atom is -0.507 e. The van der Waals surface area contributed by atoms with Gasteiger partial charge in [0.2, 0.25) is 0 Å². The van der Waals surface area contributed by atoms with Gasteiger partial charge < -0.3 is 5.11 Å². The van der Waals surface area contributed by atoms with E-state index in [1.165, 1.54) is 0 Å². The van der Waals surface area contributed by atoms with Gasteiger partial charge in [-0.2, -0.15) is 0 Å². The summed E-state index contributed by atoms with van der Waals surface area (Å²) < 4.78 is 0. The Morgan fingerprint density at radius 3 is 2.55 bits per heavy atom. The van der Waals surface area contributed by atoms with Crippen LogP contribution >= 0.6 is 0 Å². The van der Waals surface area contributed by atoms with Crippen molar-refractivity contribution in [3.63, 3.8) is 0 Å². The summed E-state index contributed by atoms with van der Waals surface area (Å²) in [5.41, 5.74) is 2.01. The number of hydrogen-bond donors (Lipinski definition) is 1. The molecular formula is C10H12O. The molecule has 0 aliphatic rings. The van der Waals surface area contributed by atoms with Gasteiger partial charge in [0.1, 0.15) is 5.75 Å². The number of allylic oxidation sites excluding steroid dienone is 2. The average molecular weight is 148 g/mol. The van der Waals surface area contributed by atoms with Crippen LogP contribution in [0.25, 0.3) is 5.57 Å². The summed E-state index contributed by atoms with van der Waals surface area (Å²) in [4.78, 5) is 0. The van der Waals surface area contributed by atoms with Gasteiger partial charge >= 0.3 is 0 Å². The van der Waals surface area contributed by atoms with Crippen LogP contribution in [0.3, 0.4) is 0 Å². The summed E-state index contributed by atoms with van der Waals surface area (Å²) >= 11 is 0. The Labute approximate surface area is 67.0 Å². The van der Waals surface area contributed by atoms with Crippen molar-refractivity contribution < 1.29 is 5.11 Å². The fourth-order valence-corrected chi connectivity index (χ4v) is 0.963. The summed E-state index contributed by atoms with van der Waals surface area (Å²) in [7, 11) is 0. The highest BCUT2D eigenvalue weighted by Gasteiger charge is 1.98. The zero-order valence-electron chi connectivity index (χ0n) is 6.83. The van der Waals surface area contributed by atoms with Crippen LogP contribution in [0.1, 0.15) is 19.4 Å². The standard InChI is InChI=1S/C10H12O/c1-3-8(2)9-6-4-5-7-10(9)11/h3-7,11H,1-2H3/b8-3+. The van der Waals surface area contributed by atoms with E-state index in [1.807, 2.05) is 38.1 Å².